The quantitative estimate of drug-likeness (QED) is 0.595. The van der Waals surface area contributed by atoms with E-state index in [1.807, 2.05) is 49.4 Å². The highest BCUT2D eigenvalue weighted by molar-refractivity contribution is 7.17. The van der Waals surface area contributed by atoms with Crippen LogP contribution < -0.4 is 4.52 Å². The van der Waals surface area contributed by atoms with Crippen molar-refractivity contribution in [2.75, 3.05) is 0 Å². The summed E-state index contributed by atoms with van der Waals surface area (Å²) in [6.07, 6.45) is 0.811. The Morgan fingerprint density at radius 1 is 1.05 bits per heavy atom. The van der Waals surface area contributed by atoms with E-state index in [0.717, 1.165) is 23.1 Å². The Hall–Kier alpha value is -2.10. The molecular formula is C16H13O2P. The van der Waals surface area contributed by atoms with Crippen LogP contribution in [0.15, 0.2) is 48.5 Å². The number of hydrogen-bond acceptors (Lipinski definition) is 2. The topological polar surface area (TPSA) is 26.3 Å². The molecule has 0 aliphatic heterocycles. The van der Waals surface area contributed by atoms with E-state index in [0.29, 0.717) is 5.75 Å². The van der Waals surface area contributed by atoms with Gasteiger partial charge >= 0.3 is 8.69 Å². The van der Waals surface area contributed by atoms with Gasteiger partial charge in [-0.3, -0.25) is 0 Å². The standard InChI is InChI=1S/C16H13O2P/c1-2-3-8-13-9-4-5-10-14(13)15-11-6-7-12-16(15)18-19-17/h4-7,9-12H,2H2,1H3. The molecule has 0 bridgehead atoms. The van der Waals surface area contributed by atoms with Crippen LogP contribution in [0.2, 0.25) is 0 Å². The highest BCUT2D eigenvalue weighted by atomic mass is 31.1. The van der Waals surface area contributed by atoms with E-state index >= 15 is 0 Å². The fraction of sp³-hybridized carbons (Fsp3) is 0.125. The summed E-state index contributed by atoms with van der Waals surface area (Å²) in [6.45, 7) is 2.02. The van der Waals surface area contributed by atoms with Crippen molar-refractivity contribution in [2.45, 2.75) is 13.3 Å². The van der Waals surface area contributed by atoms with Crippen molar-refractivity contribution < 1.29 is 9.09 Å². The molecule has 0 aromatic heterocycles. The van der Waals surface area contributed by atoms with Gasteiger partial charge in [0, 0.05) is 23.1 Å². The molecule has 2 nitrogen and oxygen atoms in total. The Morgan fingerprint density at radius 3 is 2.47 bits per heavy atom. The first-order valence-corrected chi connectivity index (χ1v) is 6.76. The fourth-order valence-corrected chi connectivity index (χ4v) is 2.06. The first-order valence-electron chi connectivity index (χ1n) is 6.03. The maximum Gasteiger partial charge on any atom is 0.395 e. The third-order valence-corrected chi connectivity index (χ3v) is 2.91. The lowest BCUT2D eigenvalue weighted by atomic mass is 9.99. The van der Waals surface area contributed by atoms with E-state index in [4.69, 9.17) is 4.52 Å². The lowest BCUT2D eigenvalue weighted by molar-refractivity contribution is 0.526. The van der Waals surface area contributed by atoms with Gasteiger partial charge in [-0.2, -0.15) is 0 Å². The lowest BCUT2D eigenvalue weighted by Crippen LogP contribution is -1.87. The molecule has 0 heterocycles. The summed E-state index contributed by atoms with van der Waals surface area (Å²) in [7, 11) is -0.355. The molecule has 3 heteroatoms. The zero-order valence-corrected chi connectivity index (χ0v) is 11.5. The fourth-order valence-electron chi connectivity index (χ4n) is 1.82. The minimum Gasteiger partial charge on any atom is -0.407 e. The molecule has 94 valence electrons. The van der Waals surface area contributed by atoms with Crippen LogP contribution in [0.4, 0.5) is 0 Å². The first-order chi connectivity index (χ1) is 9.36. The third-order valence-electron chi connectivity index (χ3n) is 2.64. The van der Waals surface area contributed by atoms with Crippen LogP contribution in [-0.4, -0.2) is 0 Å². The Bertz CT molecular complexity index is 638. The maximum atomic E-state index is 10.7. The van der Waals surface area contributed by atoms with E-state index in [1.54, 1.807) is 6.07 Å². The van der Waals surface area contributed by atoms with Crippen LogP contribution >= 0.6 is 8.69 Å². The summed E-state index contributed by atoms with van der Waals surface area (Å²) in [5.74, 6) is 6.80. The van der Waals surface area contributed by atoms with E-state index in [9.17, 15) is 4.57 Å². The average molecular weight is 268 g/mol. The van der Waals surface area contributed by atoms with Crippen molar-refractivity contribution in [3.63, 3.8) is 0 Å². The highest BCUT2D eigenvalue weighted by Gasteiger charge is 2.08. The van der Waals surface area contributed by atoms with Gasteiger partial charge in [-0.05, 0) is 12.1 Å². The third kappa shape index (κ3) is 3.22. The second-order valence-corrected chi connectivity index (χ2v) is 4.19. The van der Waals surface area contributed by atoms with Crippen molar-refractivity contribution in [3.8, 4) is 28.7 Å². The minimum absolute atomic E-state index is 0.355. The van der Waals surface area contributed by atoms with Gasteiger partial charge in [-0.1, -0.05) is 55.2 Å². The van der Waals surface area contributed by atoms with Crippen molar-refractivity contribution >= 4 is 8.69 Å². The minimum atomic E-state index is -0.355. The molecule has 2 aromatic carbocycles. The van der Waals surface area contributed by atoms with Gasteiger partial charge in [0.05, 0.1) is 0 Å². The SMILES string of the molecule is CCC#Cc1ccccc1-c1ccccc1OP=O. The van der Waals surface area contributed by atoms with E-state index < -0.39 is 0 Å². The van der Waals surface area contributed by atoms with Gasteiger partial charge in [0.25, 0.3) is 0 Å². The number of rotatable bonds is 3. The Kier molecular flexibility index (Phi) is 4.72. The second-order valence-electron chi connectivity index (χ2n) is 3.86. The molecule has 0 unspecified atom stereocenters. The molecule has 0 aliphatic carbocycles. The molecule has 0 atom stereocenters. The molecular weight excluding hydrogens is 255 g/mol. The molecule has 0 spiro atoms. The van der Waals surface area contributed by atoms with Gasteiger partial charge in [0.15, 0.2) is 0 Å². The molecule has 2 rings (SSSR count). The van der Waals surface area contributed by atoms with Crippen molar-refractivity contribution in [2.24, 2.45) is 0 Å². The van der Waals surface area contributed by atoms with Crippen LogP contribution in [0.3, 0.4) is 0 Å². The molecule has 0 saturated heterocycles. The van der Waals surface area contributed by atoms with Gasteiger partial charge < -0.3 is 4.52 Å². The van der Waals surface area contributed by atoms with E-state index in [1.165, 1.54) is 0 Å². The van der Waals surface area contributed by atoms with Crippen LogP contribution in [0.25, 0.3) is 11.1 Å². The van der Waals surface area contributed by atoms with Gasteiger partial charge in [-0.25, -0.2) is 4.57 Å². The number of para-hydroxylation sites is 1. The monoisotopic (exact) mass is 268 g/mol. The normalized spacial score (nSPS) is 9.74. The van der Waals surface area contributed by atoms with Crippen LogP contribution in [0, 0.1) is 11.8 Å². The molecule has 0 radical (unpaired) electrons. The summed E-state index contributed by atoms with van der Waals surface area (Å²) in [4.78, 5) is 0. The molecule has 0 fully saturated rings. The van der Waals surface area contributed by atoms with Crippen molar-refractivity contribution in [3.05, 3.63) is 54.1 Å². The largest absolute Gasteiger partial charge is 0.407 e. The summed E-state index contributed by atoms with van der Waals surface area (Å²) in [5.41, 5.74) is 2.83. The molecule has 0 amide bonds. The average Bonchev–Trinajstić information content (AvgIpc) is 2.46. The molecule has 19 heavy (non-hydrogen) atoms. The predicted molar refractivity (Wildman–Crippen MR) is 77.3 cm³/mol. The number of benzene rings is 2. The summed E-state index contributed by atoms with van der Waals surface area (Å²) in [6, 6.07) is 15.4. The zero-order valence-electron chi connectivity index (χ0n) is 10.6. The Balaban J connectivity index is 2.55. The molecule has 0 saturated carbocycles. The predicted octanol–water partition coefficient (Wildman–Crippen LogP) is 4.70. The van der Waals surface area contributed by atoms with Gasteiger partial charge in [-0.15, -0.1) is 0 Å². The maximum absolute atomic E-state index is 10.7. The smallest absolute Gasteiger partial charge is 0.395 e. The second kappa shape index (κ2) is 6.73. The zero-order chi connectivity index (χ0) is 13.5. The summed E-state index contributed by atoms with van der Waals surface area (Å²) in [5, 5.41) is 0. The molecule has 0 aliphatic rings. The summed E-state index contributed by atoms with van der Waals surface area (Å²) >= 11 is 0. The van der Waals surface area contributed by atoms with E-state index in [-0.39, 0.29) is 8.69 Å². The lowest BCUT2D eigenvalue weighted by Gasteiger charge is -2.08. The van der Waals surface area contributed by atoms with Crippen LogP contribution in [0.1, 0.15) is 18.9 Å². The highest BCUT2D eigenvalue weighted by Crippen LogP contribution is 2.33. The number of hydrogen-bond donors (Lipinski definition) is 0. The van der Waals surface area contributed by atoms with Gasteiger partial charge in [0.2, 0.25) is 0 Å². The Morgan fingerprint density at radius 2 is 1.74 bits per heavy atom. The molecule has 0 N–H and O–H groups in total. The van der Waals surface area contributed by atoms with Crippen molar-refractivity contribution in [1.29, 1.82) is 0 Å². The first kappa shape index (κ1) is 13.3. The van der Waals surface area contributed by atoms with Gasteiger partial charge in [0.1, 0.15) is 5.75 Å². The Labute approximate surface area is 114 Å². The van der Waals surface area contributed by atoms with Crippen LogP contribution in [0.5, 0.6) is 5.75 Å². The molecule has 2 aromatic rings. The summed E-state index contributed by atoms with van der Waals surface area (Å²) < 4.78 is 15.8. The van der Waals surface area contributed by atoms with Crippen molar-refractivity contribution in [1.82, 2.24) is 0 Å². The van der Waals surface area contributed by atoms with Crippen LogP contribution in [-0.2, 0) is 4.57 Å². The van der Waals surface area contributed by atoms with E-state index in [2.05, 4.69) is 11.8 Å².